The molecule has 0 aliphatic carbocycles. The van der Waals surface area contributed by atoms with Gasteiger partial charge in [0.25, 0.3) is 0 Å². The molecule has 42 valence electrons. The quantitative estimate of drug-likeness (QED) is 0.433. The second-order valence-electron chi connectivity index (χ2n) is 2.05. The average molecular weight is 123 g/mol. The van der Waals surface area contributed by atoms with Gasteiger partial charge in [-0.15, -0.1) is 0 Å². The molecule has 1 aliphatic heterocycles. The summed E-state index contributed by atoms with van der Waals surface area (Å²) >= 11 is 1.30. The number of rotatable bonds is 1. The average Bonchev–Trinajstić information content (AvgIpc) is 1.90. The Morgan fingerprint density at radius 2 is 2.00 bits per heavy atom. The molecule has 0 spiro atoms. The van der Waals surface area contributed by atoms with E-state index in [4.69, 9.17) is 4.74 Å². The van der Waals surface area contributed by atoms with Crippen LogP contribution in [0.3, 0.4) is 0 Å². The van der Waals surface area contributed by atoms with E-state index in [1.807, 2.05) is 0 Å². The molecule has 0 radical (unpaired) electrons. The van der Waals surface area contributed by atoms with Gasteiger partial charge in [0.1, 0.15) is 0 Å². The van der Waals surface area contributed by atoms with Crippen molar-refractivity contribution in [1.82, 2.24) is 4.90 Å². The zero-order chi connectivity index (χ0) is 5.82. The first-order valence-corrected chi connectivity index (χ1v) is 4.65. The standard InChI is InChI=1S/C5H10NO.Na/c1-6-2-4-7-5-3-6;/h1-5H2;. The fourth-order valence-corrected chi connectivity index (χ4v) is 1.55. The van der Waals surface area contributed by atoms with Crippen molar-refractivity contribution in [2.45, 2.75) is 0 Å². The maximum absolute atomic E-state index is 5.18. The number of morpholine rings is 1. The van der Waals surface area contributed by atoms with Crippen LogP contribution in [0.1, 0.15) is 0 Å². The summed E-state index contributed by atoms with van der Waals surface area (Å²) in [5.41, 5.74) is 0. The Kier molecular flexibility index (Phi) is 3.39. The number of hydrogen-bond donors (Lipinski definition) is 0. The Labute approximate surface area is 67.6 Å². The van der Waals surface area contributed by atoms with E-state index >= 15 is 0 Å². The van der Waals surface area contributed by atoms with Crippen molar-refractivity contribution < 1.29 is 4.74 Å². The molecule has 0 aromatic rings. The van der Waals surface area contributed by atoms with Crippen molar-refractivity contribution in [2.75, 3.05) is 30.1 Å². The summed E-state index contributed by atoms with van der Waals surface area (Å²) in [4.78, 5) is 2.45. The molecule has 1 fully saturated rings. The van der Waals surface area contributed by atoms with Crippen molar-refractivity contribution >= 4 is 27.9 Å². The van der Waals surface area contributed by atoms with Crippen LogP contribution in [0.5, 0.6) is 0 Å². The minimum absolute atomic E-state index is 0.947. The first kappa shape index (κ1) is 7.03. The van der Waals surface area contributed by atoms with Gasteiger partial charge in [0, 0.05) is 0 Å². The van der Waals surface area contributed by atoms with Gasteiger partial charge in [-0.2, -0.15) is 0 Å². The zero-order valence-electron chi connectivity index (χ0n) is 5.39. The summed E-state index contributed by atoms with van der Waals surface area (Å²) in [5.74, 6) is 0. The van der Waals surface area contributed by atoms with Crippen LogP contribution in [0.25, 0.3) is 0 Å². The molecular weight excluding hydrogens is 113 g/mol. The predicted octanol–water partition coefficient (Wildman–Crippen LogP) is -0.555. The van der Waals surface area contributed by atoms with Gasteiger partial charge in [-0.3, -0.25) is 0 Å². The summed E-state index contributed by atoms with van der Waals surface area (Å²) < 4.78 is 6.48. The van der Waals surface area contributed by atoms with Gasteiger partial charge in [-0.05, 0) is 0 Å². The molecule has 0 atom stereocenters. The zero-order valence-corrected chi connectivity index (χ0v) is 7.39. The molecule has 3 heteroatoms. The van der Waals surface area contributed by atoms with Crippen LogP contribution >= 0.6 is 0 Å². The van der Waals surface area contributed by atoms with Gasteiger partial charge in [0.05, 0.1) is 0 Å². The topological polar surface area (TPSA) is 12.5 Å². The van der Waals surface area contributed by atoms with Gasteiger partial charge in [0.2, 0.25) is 0 Å². The third-order valence-corrected chi connectivity index (χ3v) is 2.45. The monoisotopic (exact) mass is 123 g/mol. The summed E-state index contributed by atoms with van der Waals surface area (Å²) in [6.45, 7) is 4.21. The number of hydrogen-bond acceptors (Lipinski definition) is 2. The van der Waals surface area contributed by atoms with Crippen LogP contribution in [0.4, 0.5) is 0 Å². The second-order valence-corrected chi connectivity index (χ2v) is 2.68. The third-order valence-electron chi connectivity index (χ3n) is 1.55. The fourth-order valence-electron chi connectivity index (χ4n) is 0.917. The van der Waals surface area contributed by atoms with Crippen LogP contribution in [-0.2, 0) is 4.74 Å². The number of nitrogens with zero attached hydrogens (tertiary/aromatic N) is 1. The van der Waals surface area contributed by atoms with Gasteiger partial charge < -0.3 is 0 Å². The van der Waals surface area contributed by atoms with E-state index in [1.165, 1.54) is 31.7 Å². The van der Waals surface area contributed by atoms with Gasteiger partial charge in [-0.1, -0.05) is 0 Å². The molecule has 0 saturated carbocycles. The second kappa shape index (κ2) is 3.85. The molecule has 1 rings (SSSR count). The molecule has 1 saturated heterocycles. The summed E-state index contributed by atoms with van der Waals surface area (Å²) in [7, 11) is 0. The van der Waals surface area contributed by atoms with E-state index < -0.39 is 0 Å². The van der Waals surface area contributed by atoms with Crippen LogP contribution in [0.2, 0.25) is 0 Å². The van der Waals surface area contributed by atoms with Crippen molar-refractivity contribution in [3.8, 4) is 0 Å². The third kappa shape index (κ3) is 2.03. The molecule has 0 amide bonds. The van der Waals surface area contributed by atoms with Crippen molar-refractivity contribution in [1.29, 1.82) is 0 Å². The van der Waals surface area contributed by atoms with Crippen LogP contribution < -0.4 is 0 Å². The molecule has 0 unspecified atom stereocenters. The van der Waals surface area contributed by atoms with E-state index in [1.54, 1.807) is 0 Å². The fraction of sp³-hybridized carbons (Fsp3) is 1.00. The summed E-state index contributed by atoms with van der Waals surface area (Å²) in [5, 5.41) is 0. The molecule has 1 heterocycles. The molecule has 0 bridgehead atoms. The minimum atomic E-state index is 0.947. The molecular formula is C5H10NNaO. The van der Waals surface area contributed by atoms with E-state index in [0.29, 0.717) is 0 Å². The van der Waals surface area contributed by atoms with E-state index in [0.717, 1.165) is 26.3 Å². The summed E-state index contributed by atoms with van der Waals surface area (Å²) in [6, 6.07) is 0. The van der Waals surface area contributed by atoms with Crippen molar-refractivity contribution in [3.05, 3.63) is 0 Å². The molecule has 0 aromatic heterocycles. The Bertz CT molecular complexity index is 63.4. The molecule has 2 nitrogen and oxygen atoms in total. The Balaban J connectivity index is 2.13. The number of ether oxygens (including phenoxy) is 1. The van der Waals surface area contributed by atoms with Crippen LogP contribution in [0, 0.1) is 0 Å². The Hall–Kier alpha value is 0.920. The maximum atomic E-state index is 5.18. The van der Waals surface area contributed by atoms with Crippen molar-refractivity contribution in [2.24, 2.45) is 0 Å². The first-order valence-electron chi connectivity index (χ1n) is 3.23. The van der Waals surface area contributed by atoms with Crippen LogP contribution in [0.15, 0.2) is 0 Å². The Morgan fingerprint density at radius 1 is 1.38 bits per heavy atom. The van der Waals surface area contributed by atoms with E-state index in [2.05, 4.69) is 4.90 Å². The van der Waals surface area contributed by atoms with E-state index in [-0.39, 0.29) is 0 Å². The predicted molar refractivity (Wildman–Crippen MR) is 33.0 cm³/mol. The molecule has 8 heavy (non-hydrogen) atoms. The normalized spacial score (nSPS) is 23.8. The summed E-state index contributed by atoms with van der Waals surface area (Å²) in [6.07, 6.45) is 0. The van der Waals surface area contributed by atoms with Gasteiger partial charge in [0.15, 0.2) is 0 Å². The van der Waals surface area contributed by atoms with Gasteiger partial charge >= 0.3 is 67.7 Å². The van der Waals surface area contributed by atoms with Gasteiger partial charge in [-0.25, -0.2) is 0 Å². The Morgan fingerprint density at radius 3 is 2.38 bits per heavy atom. The molecule has 0 N–H and O–H groups in total. The molecule has 0 aromatic carbocycles. The van der Waals surface area contributed by atoms with E-state index in [9.17, 15) is 0 Å². The van der Waals surface area contributed by atoms with Crippen molar-refractivity contribution in [3.63, 3.8) is 0 Å². The first-order chi connectivity index (χ1) is 3.93. The SMILES string of the molecule is [Na][CH2]N1CCOCC1. The molecule has 1 aliphatic rings. The van der Waals surface area contributed by atoms with Crippen LogP contribution in [-0.4, -0.2) is 62.9 Å².